The molecule has 3 rings (SSSR count). The molecule has 11 heteroatoms. The summed E-state index contributed by atoms with van der Waals surface area (Å²) in [5, 5.41) is 9.68. The smallest absolute Gasteiger partial charge is 0.433 e. The van der Waals surface area contributed by atoms with Crippen molar-refractivity contribution in [1.82, 2.24) is 4.90 Å². The molecule has 3 atom stereocenters. The zero-order valence-electron chi connectivity index (χ0n) is 23.3. The fourth-order valence-electron chi connectivity index (χ4n) is 5.25. The Balaban J connectivity index is 2.05. The largest absolute Gasteiger partial charge is 0.508 e. The fourth-order valence-corrected chi connectivity index (χ4v) is 5.25. The molecule has 3 unspecified atom stereocenters. The van der Waals surface area contributed by atoms with Gasteiger partial charge in [0.15, 0.2) is 5.71 Å². The summed E-state index contributed by atoms with van der Waals surface area (Å²) in [6, 6.07) is 7.46. The standard InChI is InChI=1S/C30H36F5N3O3/c1-18(27(41-3)21-9-11-25(39)12-10-21)19(2)38(17-20-13-22(31)15-23(32)14-20)29(40)26(16-36)28(30(33,34)35)37-24-7-5-4-6-8-24/h9-16,18-19,24,27,39H,4-8,17,36H2,1-3H3. The highest BCUT2D eigenvalue weighted by Crippen LogP contribution is 2.34. The number of methoxy groups -OCH3 is 1. The highest BCUT2D eigenvalue weighted by molar-refractivity contribution is 6.23. The van der Waals surface area contributed by atoms with E-state index in [2.05, 4.69) is 4.99 Å². The summed E-state index contributed by atoms with van der Waals surface area (Å²) in [5.74, 6) is -3.36. The highest BCUT2D eigenvalue weighted by atomic mass is 19.4. The molecule has 224 valence electrons. The van der Waals surface area contributed by atoms with E-state index in [-0.39, 0.29) is 11.3 Å². The van der Waals surface area contributed by atoms with Crippen LogP contribution < -0.4 is 5.73 Å². The fraction of sp³-hybridized carbons (Fsp3) is 0.467. The maximum Gasteiger partial charge on any atom is 0.433 e. The molecule has 0 saturated heterocycles. The van der Waals surface area contributed by atoms with Crippen LogP contribution in [0.5, 0.6) is 5.75 Å². The molecule has 3 N–H and O–H groups in total. The Morgan fingerprint density at radius 2 is 1.68 bits per heavy atom. The monoisotopic (exact) mass is 581 g/mol. The van der Waals surface area contributed by atoms with Crippen molar-refractivity contribution in [3.8, 4) is 5.75 Å². The number of benzene rings is 2. The molecular weight excluding hydrogens is 545 g/mol. The predicted molar refractivity (Wildman–Crippen MR) is 146 cm³/mol. The molecule has 0 bridgehead atoms. The first-order valence-electron chi connectivity index (χ1n) is 13.5. The van der Waals surface area contributed by atoms with Gasteiger partial charge in [0, 0.05) is 37.9 Å². The van der Waals surface area contributed by atoms with E-state index in [4.69, 9.17) is 10.5 Å². The Bertz CT molecular complexity index is 1220. The second-order valence-corrected chi connectivity index (χ2v) is 10.4. The van der Waals surface area contributed by atoms with Gasteiger partial charge in [0.25, 0.3) is 5.91 Å². The first-order valence-corrected chi connectivity index (χ1v) is 13.5. The minimum atomic E-state index is -4.97. The van der Waals surface area contributed by atoms with Gasteiger partial charge in [-0.05, 0) is 55.2 Å². The second-order valence-electron chi connectivity index (χ2n) is 10.4. The number of hydrogen-bond acceptors (Lipinski definition) is 5. The van der Waals surface area contributed by atoms with Crippen LogP contribution in [0.3, 0.4) is 0 Å². The molecule has 0 aliphatic heterocycles. The Hall–Kier alpha value is -3.47. The molecule has 0 spiro atoms. The number of aliphatic imine (C=N–C) groups is 1. The maximum absolute atomic E-state index is 14.3. The zero-order valence-corrected chi connectivity index (χ0v) is 23.3. The third-order valence-electron chi connectivity index (χ3n) is 7.55. The van der Waals surface area contributed by atoms with E-state index in [1.165, 1.54) is 19.2 Å². The number of phenolic OH excluding ortho intramolecular Hbond substituents is 1. The van der Waals surface area contributed by atoms with Crippen molar-refractivity contribution in [2.24, 2.45) is 16.6 Å². The molecule has 1 saturated carbocycles. The lowest BCUT2D eigenvalue weighted by molar-refractivity contribution is -0.132. The molecule has 0 heterocycles. The molecule has 2 aromatic rings. The normalized spacial score (nSPS) is 17.7. The van der Waals surface area contributed by atoms with Crippen LogP contribution >= 0.6 is 0 Å². The Labute approximate surface area is 236 Å². The van der Waals surface area contributed by atoms with Crippen LogP contribution in [0.25, 0.3) is 0 Å². The van der Waals surface area contributed by atoms with Crippen molar-refractivity contribution in [2.45, 2.75) is 76.9 Å². The SMILES string of the molecule is COC(c1ccc(O)cc1)C(C)C(C)N(Cc1cc(F)cc(F)c1)C(=O)C(=CN)C(=NC1CCCCC1)C(F)(F)F. The number of alkyl halides is 3. The zero-order chi connectivity index (χ0) is 30.3. The van der Waals surface area contributed by atoms with Crippen molar-refractivity contribution < 1.29 is 36.6 Å². The molecule has 2 aromatic carbocycles. The van der Waals surface area contributed by atoms with Crippen LogP contribution in [0, 0.1) is 17.6 Å². The van der Waals surface area contributed by atoms with Gasteiger partial charge in [-0.3, -0.25) is 9.79 Å². The summed E-state index contributed by atoms with van der Waals surface area (Å²) in [4.78, 5) is 19.0. The number of halogens is 5. The number of carbonyl (C=O) groups is 1. The van der Waals surface area contributed by atoms with Crippen molar-refractivity contribution >= 4 is 11.6 Å². The third-order valence-corrected chi connectivity index (χ3v) is 7.55. The van der Waals surface area contributed by atoms with Gasteiger partial charge < -0.3 is 20.5 Å². The molecular formula is C30H36F5N3O3. The van der Waals surface area contributed by atoms with Crippen LogP contribution in [0.1, 0.15) is 63.2 Å². The minimum Gasteiger partial charge on any atom is -0.508 e. The minimum absolute atomic E-state index is 0.0314. The number of hydrogen-bond donors (Lipinski definition) is 2. The average Bonchev–Trinajstić information content (AvgIpc) is 2.92. The summed E-state index contributed by atoms with van der Waals surface area (Å²) in [6.07, 6.45) is -1.71. The Morgan fingerprint density at radius 3 is 2.20 bits per heavy atom. The molecule has 1 aliphatic rings. The molecule has 6 nitrogen and oxygen atoms in total. The number of nitrogens with two attached hydrogens (primary N) is 1. The van der Waals surface area contributed by atoms with Crippen LogP contribution in [-0.2, 0) is 16.1 Å². The number of carbonyl (C=O) groups excluding carboxylic acids is 1. The van der Waals surface area contributed by atoms with E-state index in [1.807, 2.05) is 0 Å². The van der Waals surface area contributed by atoms with E-state index >= 15 is 0 Å². The van der Waals surface area contributed by atoms with Crippen LogP contribution in [0.4, 0.5) is 22.0 Å². The van der Waals surface area contributed by atoms with E-state index in [9.17, 15) is 31.9 Å². The lowest BCUT2D eigenvalue weighted by Gasteiger charge is -2.37. The summed E-state index contributed by atoms with van der Waals surface area (Å²) in [5.41, 5.74) is 4.16. The third kappa shape index (κ3) is 8.28. The van der Waals surface area contributed by atoms with E-state index in [0.717, 1.165) is 36.3 Å². The number of nitrogens with zero attached hydrogens (tertiary/aromatic N) is 2. The van der Waals surface area contributed by atoms with Gasteiger partial charge in [-0.2, -0.15) is 13.2 Å². The molecule has 0 aromatic heterocycles. The van der Waals surface area contributed by atoms with E-state index in [0.29, 0.717) is 30.7 Å². The molecule has 0 radical (unpaired) electrons. The van der Waals surface area contributed by atoms with Gasteiger partial charge >= 0.3 is 6.18 Å². The van der Waals surface area contributed by atoms with Crippen molar-refractivity contribution in [2.75, 3.05) is 7.11 Å². The maximum atomic E-state index is 14.3. The molecule has 1 amide bonds. The summed E-state index contributed by atoms with van der Waals surface area (Å²) < 4.78 is 76.8. The summed E-state index contributed by atoms with van der Waals surface area (Å²) in [6.45, 7) is 2.95. The predicted octanol–water partition coefficient (Wildman–Crippen LogP) is 6.59. The summed E-state index contributed by atoms with van der Waals surface area (Å²) >= 11 is 0. The molecule has 1 fully saturated rings. The van der Waals surface area contributed by atoms with E-state index < -0.39 is 65.7 Å². The van der Waals surface area contributed by atoms with Crippen molar-refractivity contribution in [3.05, 3.63) is 77.0 Å². The lowest BCUT2D eigenvalue weighted by Crippen LogP contribution is -2.46. The Morgan fingerprint density at radius 1 is 1.10 bits per heavy atom. The van der Waals surface area contributed by atoms with Crippen LogP contribution in [0.2, 0.25) is 0 Å². The molecule has 41 heavy (non-hydrogen) atoms. The highest BCUT2D eigenvalue weighted by Gasteiger charge is 2.43. The second kappa shape index (κ2) is 13.9. The lowest BCUT2D eigenvalue weighted by atomic mass is 9.89. The topological polar surface area (TPSA) is 88.2 Å². The van der Waals surface area contributed by atoms with Gasteiger partial charge in [-0.1, -0.05) is 38.3 Å². The quantitative estimate of drug-likeness (QED) is 0.188. The summed E-state index contributed by atoms with van der Waals surface area (Å²) in [7, 11) is 1.44. The number of ether oxygens (including phenoxy) is 1. The van der Waals surface area contributed by atoms with Gasteiger partial charge in [0.1, 0.15) is 17.4 Å². The first kappa shape index (κ1) is 32.0. The van der Waals surface area contributed by atoms with Crippen molar-refractivity contribution in [1.29, 1.82) is 0 Å². The Kier molecular flexibility index (Phi) is 10.9. The van der Waals surface area contributed by atoms with Crippen LogP contribution in [0.15, 0.2) is 59.2 Å². The van der Waals surface area contributed by atoms with Gasteiger partial charge in [-0.15, -0.1) is 0 Å². The van der Waals surface area contributed by atoms with Gasteiger partial charge in [0.2, 0.25) is 0 Å². The van der Waals surface area contributed by atoms with Gasteiger partial charge in [0.05, 0.1) is 17.7 Å². The first-order chi connectivity index (χ1) is 19.3. The van der Waals surface area contributed by atoms with Crippen LogP contribution in [-0.4, -0.2) is 47.0 Å². The van der Waals surface area contributed by atoms with Crippen molar-refractivity contribution in [3.63, 3.8) is 0 Å². The molecule has 1 aliphatic carbocycles. The van der Waals surface area contributed by atoms with Gasteiger partial charge in [-0.25, -0.2) is 8.78 Å². The number of aromatic hydroxyl groups is 1. The number of phenols is 1. The average molecular weight is 582 g/mol. The van der Waals surface area contributed by atoms with E-state index in [1.54, 1.807) is 26.0 Å². The number of amides is 1. The number of rotatable bonds is 10.